The lowest BCUT2D eigenvalue weighted by molar-refractivity contribution is 0.442. The van der Waals surface area contributed by atoms with Crippen molar-refractivity contribution in [2.24, 2.45) is 7.05 Å². The predicted molar refractivity (Wildman–Crippen MR) is 76.0 cm³/mol. The van der Waals surface area contributed by atoms with Crippen LogP contribution >= 0.6 is 0 Å². The molecular weight excluding hydrogens is 236 g/mol. The van der Waals surface area contributed by atoms with Gasteiger partial charge in [0.15, 0.2) is 0 Å². The van der Waals surface area contributed by atoms with E-state index in [9.17, 15) is 0 Å². The van der Waals surface area contributed by atoms with Gasteiger partial charge in [-0.05, 0) is 32.4 Å². The first-order valence-electron chi connectivity index (χ1n) is 6.92. The molecule has 0 aliphatic carbocycles. The Morgan fingerprint density at radius 2 is 2.32 bits per heavy atom. The summed E-state index contributed by atoms with van der Waals surface area (Å²) in [5.74, 6) is 0.551. The van der Waals surface area contributed by atoms with Crippen molar-refractivity contribution >= 4 is 0 Å². The van der Waals surface area contributed by atoms with Gasteiger partial charge < -0.3 is 5.32 Å². The number of aromatic nitrogens is 3. The van der Waals surface area contributed by atoms with Gasteiger partial charge in [0, 0.05) is 43.0 Å². The third-order valence-corrected chi connectivity index (χ3v) is 3.90. The maximum absolute atomic E-state index is 4.62. The topological polar surface area (TPSA) is 42.7 Å². The van der Waals surface area contributed by atoms with E-state index in [0.29, 0.717) is 5.92 Å². The first-order chi connectivity index (χ1) is 9.27. The SMILES string of the molecule is Cc1nn(C)c(C2CCCNC2)c1-c1cccnc1. The summed E-state index contributed by atoms with van der Waals surface area (Å²) in [6.07, 6.45) is 6.22. The molecule has 100 valence electrons. The van der Waals surface area contributed by atoms with Gasteiger partial charge >= 0.3 is 0 Å². The fourth-order valence-electron chi connectivity index (χ4n) is 3.10. The van der Waals surface area contributed by atoms with Gasteiger partial charge in [0.1, 0.15) is 0 Å². The smallest absolute Gasteiger partial charge is 0.0675 e. The number of aryl methyl sites for hydroxylation is 2. The van der Waals surface area contributed by atoms with E-state index in [1.54, 1.807) is 0 Å². The highest BCUT2D eigenvalue weighted by Gasteiger charge is 2.24. The molecule has 0 amide bonds. The van der Waals surface area contributed by atoms with Crippen LogP contribution in [0.4, 0.5) is 0 Å². The molecule has 4 nitrogen and oxygen atoms in total. The molecule has 0 bridgehead atoms. The van der Waals surface area contributed by atoms with Crippen molar-refractivity contribution in [3.63, 3.8) is 0 Å². The Bertz CT molecular complexity index is 553. The molecule has 1 unspecified atom stereocenters. The average Bonchev–Trinajstić information content (AvgIpc) is 2.75. The average molecular weight is 256 g/mol. The highest BCUT2D eigenvalue weighted by atomic mass is 15.3. The molecule has 1 aliphatic heterocycles. The third-order valence-electron chi connectivity index (χ3n) is 3.90. The molecule has 2 aromatic rings. The molecule has 4 heteroatoms. The fraction of sp³-hybridized carbons (Fsp3) is 0.467. The first-order valence-corrected chi connectivity index (χ1v) is 6.92. The molecule has 3 heterocycles. The lowest BCUT2D eigenvalue weighted by atomic mass is 9.90. The van der Waals surface area contributed by atoms with Crippen LogP contribution in [-0.4, -0.2) is 27.9 Å². The van der Waals surface area contributed by atoms with E-state index in [4.69, 9.17) is 0 Å². The van der Waals surface area contributed by atoms with Crippen molar-refractivity contribution in [3.8, 4) is 11.1 Å². The summed E-state index contributed by atoms with van der Waals surface area (Å²) < 4.78 is 2.05. The first kappa shape index (κ1) is 12.4. The van der Waals surface area contributed by atoms with Gasteiger partial charge in [0.25, 0.3) is 0 Å². The zero-order valence-corrected chi connectivity index (χ0v) is 11.6. The zero-order chi connectivity index (χ0) is 13.2. The highest BCUT2D eigenvalue weighted by Crippen LogP contribution is 2.34. The molecule has 1 fully saturated rings. The van der Waals surface area contributed by atoms with Gasteiger partial charge in [-0.1, -0.05) is 6.07 Å². The van der Waals surface area contributed by atoms with Gasteiger partial charge in [-0.25, -0.2) is 0 Å². The van der Waals surface area contributed by atoms with E-state index >= 15 is 0 Å². The summed E-state index contributed by atoms with van der Waals surface area (Å²) in [6, 6.07) is 4.11. The van der Waals surface area contributed by atoms with Crippen LogP contribution in [0.25, 0.3) is 11.1 Å². The standard InChI is InChI=1S/C15H20N4/c1-11-14(12-5-3-7-16-9-12)15(19(2)18-11)13-6-4-8-17-10-13/h3,5,7,9,13,17H,4,6,8,10H2,1-2H3. The Balaban J connectivity index is 2.08. The van der Waals surface area contributed by atoms with Crippen LogP contribution in [0.3, 0.4) is 0 Å². The molecule has 0 spiro atoms. The van der Waals surface area contributed by atoms with Crippen LogP contribution in [0.5, 0.6) is 0 Å². The monoisotopic (exact) mass is 256 g/mol. The van der Waals surface area contributed by atoms with Crippen molar-refractivity contribution in [3.05, 3.63) is 35.9 Å². The summed E-state index contributed by atoms with van der Waals surface area (Å²) in [5.41, 5.74) is 4.88. The van der Waals surface area contributed by atoms with E-state index in [1.165, 1.54) is 29.7 Å². The Kier molecular flexibility index (Phi) is 3.34. The molecule has 19 heavy (non-hydrogen) atoms. The van der Waals surface area contributed by atoms with Crippen LogP contribution in [0.2, 0.25) is 0 Å². The number of piperidine rings is 1. The van der Waals surface area contributed by atoms with E-state index < -0.39 is 0 Å². The highest BCUT2D eigenvalue weighted by molar-refractivity contribution is 5.68. The maximum atomic E-state index is 4.62. The second kappa shape index (κ2) is 5.13. The number of pyridine rings is 1. The summed E-state index contributed by atoms with van der Waals surface area (Å²) in [7, 11) is 2.05. The molecule has 0 aromatic carbocycles. The van der Waals surface area contributed by atoms with Crippen molar-refractivity contribution in [2.75, 3.05) is 13.1 Å². The van der Waals surface area contributed by atoms with Gasteiger partial charge in [-0.3, -0.25) is 9.67 Å². The lowest BCUT2D eigenvalue weighted by Crippen LogP contribution is -2.29. The van der Waals surface area contributed by atoms with Crippen LogP contribution < -0.4 is 5.32 Å². The molecule has 1 N–H and O–H groups in total. The second-order valence-electron chi connectivity index (χ2n) is 5.25. The van der Waals surface area contributed by atoms with Crippen molar-refractivity contribution in [2.45, 2.75) is 25.7 Å². The predicted octanol–water partition coefficient (Wildman–Crippen LogP) is 2.26. The molecule has 1 aliphatic rings. The van der Waals surface area contributed by atoms with Crippen LogP contribution in [0, 0.1) is 6.92 Å². The Labute approximate surface area is 113 Å². The number of nitrogens with one attached hydrogen (secondary N) is 1. The van der Waals surface area contributed by atoms with Crippen molar-refractivity contribution in [1.29, 1.82) is 0 Å². The summed E-state index contributed by atoms with van der Waals surface area (Å²) in [4.78, 5) is 4.25. The van der Waals surface area contributed by atoms with Gasteiger partial charge in [0.2, 0.25) is 0 Å². The van der Waals surface area contributed by atoms with E-state index in [0.717, 1.165) is 18.8 Å². The second-order valence-corrected chi connectivity index (χ2v) is 5.25. The summed E-state index contributed by atoms with van der Waals surface area (Å²) in [5, 5.41) is 8.12. The lowest BCUT2D eigenvalue weighted by Gasteiger charge is -2.24. The molecular formula is C15H20N4. The fourth-order valence-corrected chi connectivity index (χ4v) is 3.10. The largest absolute Gasteiger partial charge is 0.316 e. The zero-order valence-electron chi connectivity index (χ0n) is 11.6. The molecule has 2 aromatic heterocycles. The van der Waals surface area contributed by atoms with Gasteiger partial charge in [-0.15, -0.1) is 0 Å². The van der Waals surface area contributed by atoms with Crippen molar-refractivity contribution < 1.29 is 0 Å². The number of rotatable bonds is 2. The molecule has 1 saturated heterocycles. The Hall–Kier alpha value is -1.68. The maximum Gasteiger partial charge on any atom is 0.0675 e. The summed E-state index contributed by atoms with van der Waals surface area (Å²) in [6.45, 7) is 4.27. The minimum Gasteiger partial charge on any atom is -0.316 e. The molecule has 3 rings (SSSR count). The van der Waals surface area contributed by atoms with Crippen LogP contribution in [0.1, 0.15) is 30.1 Å². The van der Waals surface area contributed by atoms with Gasteiger partial charge in [0.05, 0.1) is 11.4 Å². The quantitative estimate of drug-likeness (QED) is 0.896. The van der Waals surface area contributed by atoms with E-state index in [-0.39, 0.29) is 0 Å². The van der Waals surface area contributed by atoms with Gasteiger partial charge in [-0.2, -0.15) is 5.10 Å². The summed E-state index contributed by atoms with van der Waals surface area (Å²) >= 11 is 0. The third kappa shape index (κ3) is 2.28. The Morgan fingerprint density at radius 3 is 3.00 bits per heavy atom. The number of hydrogen-bond acceptors (Lipinski definition) is 3. The number of hydrogen-bond donors (Lipinski definition) is 1. The van der Waals surface area contributed by atoms with E-state index in [2.05, 4.69) is 40.1 Å². The number of nitrogens with zero attached hydrogens (tertiary/aromatic N) is 3. The molecule has 0 radical (unpaired) electrons. The minimum absolute atomic E-state index is 0.551. The van der Waals surface area contributed by atoms with E-state index in [1.807, 2.05) is 18.5 Å². The normalized spacial score (nSPS) is 19.6. The van der Waals surface area contributed by atoms with Crippen molar-refractivity contribution in [1.82, 2.24) is 20.1 Å². The molecule has 1 atom stereocenters. The Morgan fingerprint density at radius 1 is 1.42 bits per heavy atom. The van der Waals surface area contributed by atoms with Crippen LogP contribution in [-0.2, 0) is 7.05 Å². The van der Waals surface area contributed by atoms with Crippen LogP contribution in [0.15, 0.2) is 24.5 Å². The minimum atomic E-state index is 0.551. The molecule has 0 saturated carbocycles.